The Balaban J connectivity index is 2.53. The number of carbonyl (C=O) groups is 1. The van der Waals surface area contributed by atoms with Crippen LogP contribution in [0.1, 0.15) is 64.0 Å². The van der Waals surface area contributed by atoms with Crippen molar-refractivity contribution in [3.8, 4) is 0 Å². The minimum Gasteiger partial charge on any atom is -0.382 e. The summed E-state index contributed by atoms with van der Waals surface area (Å²) in [6.45, 7) is 12.2. The highest BCUT2D eigenvalue weighted by molar-refractivity contribution is 7.90. The van der Waals surface area contributed by atoms with Gasteiger partial charge in [0, 0.05) is 23.7 Å². The van der Waals surface area contributed by atoms with Crippen LogP contribution in [-0.4, -0.2) is 41.9 Å². The van der Waals surface area contributed by atoms with Crippen LogP contribution in [0, 0.1) is 0 Å². The molecule has 0 aliphatic heterocycles. The standard InChI is InChI=1S/C20H30N6O3S/c1-8-20(5,6)26(7)17-13(9-10-14(23-17)19(2,3)4)18(27)25-30(28,29)16-12-22-11-15(21)24-16/h9-12H,8H2,1-7H3,(H2,21,24)(H,25,27). The number of sulfonamides is 1. The lowest BCUT2D eigenvalue weighted by Crippen LogP contribution is -2.43. The van der Waals surface area contributed by atoms with Gasteiger partial charge in [-0.25, -0.2) is 14.7 Å². The van der Waals surface area contributed by atoms with Gasteiger partial charge in [0.2, 0.25) is 0 Å². The SMILES string of the molecule is CCC(C)(C)N(C)c1nc(C(C)(C)C)ccc1C(=O)NS(=O)(=O)c1cncc(N)n1. The van der Waals surface area contributed by atoms with Gasteiger partial charge in [0.05, 0.1) is 18.0 Å². The summed E-state index contributed by atoms with van der Waals surface area (Å²) in [6, 6.07) is 3.33. The monoisotopic (exact) mass is 434 g/mol. The Labute approximate surface area is 178 Å². The van der Waals surface area contributed by atoms with Gasteiger partial charge in [-0.05, 0) is 32.4 Å². The van der Waals surface area contributed by atoms with E-state index in [2.05, 4.69) is 9.97 Å². The molecule has 0 spiro atoms. The van der Waals surface area contributed by atoms with E-state index in [0.717, 1.165) is 18.3 Å². The third kappa shape index (κ3) is 5.05. The number of anilines is 2. The molecule has 0 bridgehead atoms. The quantitative estimate of drug-likeness (QED) is 0.709. The fourth-order valence-corrected chi connectivity index (χ4v) is 3.43. The molecule has 30 heavy (non-hydrogen) atoms. The molecule has 0 saturated carbocycles. The van der Waals surface area contributed by atoms with E-state index in [1.54, 1.807) is 12.1 Å². The normalized spacial score (nSPS) is 12.5. The first kappa shape index (κ1) is 23.5. The van der Waals surface area contributed by atoms with E-state index < -0.39 is 21.0 Å². The maximum atomic E-state index is 13.0. The zero-order valence-electron chi connectivity index (χ0n) is 18.5. The Bertz CT molecular complexity index is 1040. The van der Waals surface area contributed by atoms with Crippen LogP contribution in [0.3, 0.4) is 0 Å². The molecular weight excluding hydrogens is 404 g/mol. The summed E-state index contributed by atoms with van der Waals surface area (Å²) in [5.74, 6) is -0.465. The van der Waals surface area contributed by atoms with E-state index in [4.69, 9.17) is 10.7 Å². The molecule has 0 saturated heterocycles. The van der Waals surface area contributed by atoms with Gasteiger partial charge in [0.1, 0.15) is 11.6 Å². The summed E-state index contributed by atoms with van der Waals surface area (Å²) in [4.78, 5) is 27.0. The van der Waals surface area contributed by atoms with E-state index in [0.29, 0.717) is 5.82 Å². The zero-order chi connectivity index (χ0) is 22.9. The lowest BCUT2D eigenvalue weighted by molar-refractivity contribution is 0.0981. The smallest absolute Gasteiger partial charge is 0.283 e. The van der Waals surface area contributed by atoms with Gasteiger partial charge in [-0.15, -0.1) is 0 Å². The van der Waals surface area contributed by atoms with Gasteiger partial charge < -0.3 is 10.6 Å². The molecule has 0 unspecified atom stereocenters. The van der Waals surface area contributed by atoms with E-state index >= 15 is 0 Å². The van der Waals surface area contributed by atoms with Crippen molar-refractivity contribution in [3.63, 3.8) is 0 Å². The summed E-state index contributed by atoms with van der Waals surface area (Å²) >= 11 is 0. The largest absolute Gasteiger partial charge is 0.382 e. The maximum Gasteiger partial charge on any atom is 0.283 e. The van der Waals surface area contributed by atoms with E-state index in [1.165, 1.54) is 6.20 Å². The van der Waals surface area contributed by atoms with Crippen molar-refractivity contribution in [3.05, 3.63) is 35.8 Å². The molecule has 2 aromatic heterocycles. The van der Waals surface area contributed by atoms with Crippen LogP contribution in [0.5, 0.6) is 0 Å². The van der Waals surface area contributed by atoms with E-state index in [9.17, 15) is 13.2 Å². The van der Waals surface area contributed by atoms with Gasteiger partial charge in [0.15, 0.2) is 5.03 Å². The molecule has 3 N–H and O–H groups in total. The second-order valence-electron chi connectivity index (χ2n) is 8.76. The second kappa shape index (κ2) is 8.17. The van der Waals surface area contributed by atoms with Crippen LogP contribution < -0.4 is 15.4 Å². The number of nitrogens with two attached hydrogens (primary N) is 1. The highest BCUT2D eigenvalue weighted by atomic mass is 32.2. The molecule has 2 rings (SSSR count). The third-order valence-corrected chi connectivity index (χ3v) is 6.31. The Morgan fingerprint density at radius 1 is 1.13 bits per heavy atom. The first-order chi connectivity index (χ1) is 13.7. The summed E-state index contributed by atoms with van der Waals surface area (Å²) < 4.78 is 27.3. The van der Waals surface area contributed by atoms with Crippen molar-refractivity contribution in [1.29, 1.82) is 0 Å². The topological polar surface area (TPSA) is 131 Å². The molecular formula is C20H30N6O3S. The van der Waals surface area contributed by atoms with Crippen molar-refractivity contribution in [2.24, 2.45) is 0 Å². The number of carbonyl (C=O) groups excluding carboxylic acids is 1. The summed E-state index contributed by atoms with van der Waals surface area (Å²) in [6.07, 6.45) is 3.04. The van der Waals surface area contributed by atoms with Crippen LogP contribution in [0.25, 0.3) is 0 Å². The van der Waals surface area contributed by atoms with E-state index in [1.807, 2.05) is 58.2 Å². The Hall–Kier alpha value is -2.75. The fourth-order valence-electron chi connectivity index (χ4n) is 2.54. The highest BCUT2D eigenvalue weighted by Crippen LogP contribution is 2.30. The Kier molecular flexibility index (Phi) is 6.41. The van der Waals surface area contributed by atoms with Gasteiger partial charge in [-0.2, -0.15) is 8.42 Å². The molecule has 2 heterocycles. The molecule has 0 aliphatic carbocycles. The van der Waals surface area contributed by atoms with Crippen LogP contribution >= 0.6 is 0 Å². The minimum absolute atomic E-state index is 0.0633. The fraction of sp³-hybridized carbons (Fsp3) is 0.500. The third-order valence-electron chi connectivity index (χ3n) is 5.11. The molecule has 164 valence electrons. The number of hydrogen-bond acceptors (Lipinski definition) is 8. The number of rotatable bonds is 6. The molecule has 0 atom stereocenters. The molecule has 2 aromatic rings. The van der Waals surface area contributed by atoms with Crippen molar-refractivity contribution in [2.75, 3.05) is 17.7 Å². The molecule has 10 heteroatoms. The number of nitrogens with one attached hydrogen (secondary N) is 1. The van der Waals surface area contributed by atoms with Crippen LogP contribution in [0.2, 0.25) is 0 Å². The Morgan fingerprint density at radius 3 is 2.30 bits per heavy atom. The van der Waals surface area contributed by atoms with Crippen molar-refractivity contribution < 1.29 is 13.2 Å². The molecule has 0 aromatic carbocycles. The van der Waals surface area contributed by atoms with Gasteiger partial charge in [0.25, 0.3) is 15.9 Å². The summed E-state index contributed by atoms with van der Waals surface area (Å²) in [5, 5.41) is -0.432. The minimum atomic E-state index is -4.25. The number of aromatic nitrogens is 3. The number of nitrogen functional groups attached to an aromatic ring is 1. The van der Waals surface area contributed by atoms with Crippen molar-refractivity contribution >= 4 is 27.6 Å². The van der Waals surface area contributed by atoms with Crippen molar-refractivity contribution in [2.45, 2.75) is 63.9 Å². The lowest BCUT2D eigenvalue weighted by Gasteiger charge is -2.37. The maximum absolute atomic E-state index is 13.0. The highest BCUT2D eigenvalue weighted by Gasteiger charge is 2.30. The summed E-state index contributed by atoms with van der Waals surface area (Å²) in [5.41, 5.74) is 5.89. The Morgan fingerprint density at radius 2 is 1.77 bits per heavy atom. The number of amides is 1. The zero-order valence-corrected chi connectivity index (χ0v) is 19.3. The predicted octanol–water partition coefficient (Wildman–Crippen LogP) is 2.49. The van der Waals surface area contributed by atoms with Gasteiger partial charge in [-0.3, -0.25) is 9.78 Å². The van der Waals surface area contributed by atoms with Crippen LogP contribution in [0.4, 0.5) is 11.6 Å². The molecule has 9 nitrogen and oxygen atoms in total. The predicted molar refractivity (Wildman–Crippen MR) is 117 cm³/mol. The van der Waals surface area contributed by atoms with E-state index in [-0.39, 0.29) is 22.3 Å². The molecule has 1 amide bonds. The first-order valence-corrected chi connectivity index (χ1v) is 11.1. The van der Waals surface area contributed by atoms with Gasteiger partial charge >= 0.3 is 0 Å². The molecule has 0 radical (unpaired) electrons. The number of pyridine rings is 1. The number of nitrogens with zero attached hydrogens (tertiary/aromatic N) is 4. The van der Waals surface area contributed by atoms with Crippen LogP contribution in [-0.2, 0) is 15.4 Å². The first-order valence-electron chi connectivity index (χ1n) is 9.59. The molecule has 0 fully saturated rings. The van der Waals surface area contributed by atoms with Crippen molar-refractivity contribution in [1.82, 2.24) is 19.7 Å². The molecule has 0 aliphatic rings. The average Bonchev–Trinajstić information content (AvgIpc) is 2.65. The van der Waals surface area contributed by atoms with Gasteiger partial charge in [-0.1, -0.05) is 27.7 Å². The lowest BCUT2D eigenvalue weighted by atomic mass is 9.91. The number of hydrogen-bond donors (Lipinski definition) is 2. The second-order valence-corrected chi connectivity index (χ2v) is 10.4. The summed E-state index contributed by atoms with van der Waals surface area (Å²) in [7, 11) is -2.41. The average molecular weight is 435 g/mol. The van der Waals surface area contributed by atoms with Crippen LogP contribution in [0.15, 0.2) is 29.6 Å².